The lowest BCUT2D eigenvalue weighted by molar-refractivity contribution is -0.192. The number of benzene rings is 1. The highest BCUT2D eigenvalue weighted by Gasteiger charge is 2.38. The molecular weight excluding hydrogens is 327 g/mol. The molecule has 2 rings (SSSR count). The summed E-state index contributed by atoms with van der Waals surface area (Å²) < 4.78 is 31.7. The number of aliphatic carboxylic acids is 1. The molecule has 0 spiro atoms. The number of alkyl halides is 3. The molecule has 0 aromatic heterocycles. The molecule has 5 nitrogen and oxygen atoms in total. The van der Waals surface area contributed by atoms with Crippen LogP contribution in [-0.4, -0.2) is 29.3 Å². The minimum Gasteiger partial charge on any atom is -0.475 e. The van der Waals surface area contributed by atoms with Gasteiger partial charge in [0.25, 0.3) is 0 Å². The Balaban J connectivity index is 0.000000351. The lowest BCUT2D eigenvalue weighted by Crippen LogP contribution is -2.33. The Hall–Kier alpha value is -2.09. The van der Waals surface area contributed by atoms with E-state index in [9.17, 15) is 18.0 Å². The zero-order valence-electron chi connectivity index (χ0n) is 13.2. The molecule has 0 amide bonds. The molecule has 1 aliphatic carbocycles. The maximum absolute atomic E-state index is 11.7. The van der Waals surface area contributed by atoms with E-state index >= 15 is 0 Å². The third-order valence-corrected chi connectivity index (χ3v) is 3.45. The van der Waals surface area contributed by atoms with Crippen LogP contribution in [0.1, 0.15) is 48.0 Å². The minimum absolute atomic E-state index is 0.296. The van der Waals surface area contributed by atoms with Crippen LogP contribution in [0.2, 0.25) is 0 Å². The molecule has 1 aromatic carbocycles. The first-order valence-corrected chi connectivity index (χ1v) is 7.53. The summed E-state index contributed by atoms with van der Waals surface area (Å²) in [5, 5.41) is 7.12. The fourth-order valence-electron chi connectivity index (χ4n) is 2.11. The van der Waals surface area contributed by atoms with Crippen molar-refractivity contribution in [3.63, 3.8) is 0 Å². The van der Waals surface area contributed by atoms with Gasteiger partial charge in [0.1, 0.15) is 0 Å². The average molecular weight is 347 g/mol. The number of aryl methyl sites for hydroxylation is 1. The van der Waals surface area contributed by atoms with Gasteiger partial charge in [0.05, 0.1) is 5.56 Å². The van der Waals surface area contributed by atoms with E-state index in [2.05, 4.69) is 5.48 Å². The van der Waals surface area contributed by atoms with Crippen LogP contribution in [-0.2, 0) is 9.63 Å². The van der Waals surface area contributed by atoms with Crippen LogP contribution >= 0.6 is 0 Å². The van der Waals surface area contributed by atoms with Gasteiger partial charge in [-0.3, -0.25) is 0 Å². The summed E-state index contributed by atoms with van der Waals surface area (Å²) in [6.45, 7) is 2.00. The second-order valence-corrected chi connectivity index (χ2v) is 5.51. The third kappa shape index (κ3) is 7.45. The van der Waals surface area contributed by atoms with Gasteiger partial charge in [0.2, 0.25) is 0 Å². The van der Waals surface area contributed by atoms with Gasteiger partial charge in [0.15, 0.2) is 0 Å². The normalized spacial score (nSPS) is 15.2. The van der Waals surface area contributed by atoms with E-state index < -0.39 is 12.1 Å². The lowest BCUT2D eigenvalue weighted by Gasteiger charge is -2.21. The Labute approximate surface area is 137 Å². The summed E-state index contributed by atoms with van der Waals surface area (Å²) in [5.74, 6) is -3.05. The first kappa shape index (κ1) is 20.0. The quantitative estimate of drug-likeness (QED) is 0.817. The zero-order chi connectivity index (χ0) is 18.2. The predicted molar refractivity (Wildman–Crippen MR) is 80.3 cm³/mol. The van der Waals surface area contributed by atoms with E-state index in [4.69, 9.17) is 14.7 Å². The SMILES string of the molecule is Cc1ccc(C(=O)ONC2CCCCC2)cc1.O=C(O)C(F)(F)F. The summed E-state index contributed by atoms with van der Waals surface area (Å²) in [7, 11) is 0. The molecule has 1 aromatic rings. The summed E-state index contributed by atoms with van der Waals surface area (Å²) in [5.41, 5.74) is 4.62. The molecule has 8 heteroatoms. The maximum Gasteiger partial charge on any atom is 0.490 e. The Bertz CT molecular complexity index is 537. The summed E-state index contributed by atoms with van der Waals surface area (Å²) >= 11 is 0. The first-order valence-electron chi connectivity index (χ1n) is 7.53. The van der Waals surface area contributed by atoms with Gasteiger partial charge in [-0.25, -0.2) is 9.59 Å². The van der Waals surface area contributed by atoms with Gasteiger partial charge in [0, 0.05) is 6.04 Å². The second-order valence-electron chi connectivity index (χ2n) is 5.51. The highest BCUT2D eigenvalue weighted by Crippen LogP contribution is 2.17. The van der Waals surface area contributed by atoms with Gasteiger partial charge >= 0.3 is 18.1 Å². The monoisotopic (exact) mass is 347 g/mol. The number of carbonyl (C=O) groups is 2. The van der Waals surface area contributed by atoms with Crippen molar-refractivity contribution in [3.8, 4) is 0 Å². The first-order chi connectivity index (χ1) is 11.2. The van der Waals surface area contributed by atoms with E-state index in [-0.39, 0.29) is 5.97 Å². The van der Waals surface area contributed by atoms with E-state index in [0.29, 0.717) is 11.6 Å². The van der Waals surface area contributed by atoms with Crippen molar-refractivity contribution < 1.29 is 32.7 Å². The van der Waals surface area contributed by atoms with Gasteiger partial charge in [-0.05, 0) is 31.9 Å². The summed E-state index contributed by atoms with van der Waals surface area (Å²) in [6, 6.07) is 7.74. The molecule has 24 heavy (non-hydrogen) atoms. The second kappa shape index (κ2) is 9.27. The number of rotatable bonds is 3. The molecule has 0 aliphatic heterocycles. The number of hydrogen-bond donors (Lipinski definition) is 2. The smallest absolute Gasteiger partial charge is 0.475 e. The highest BCUT2D eigenvalue weighted by atomic mass is 19.4. The molecule has 0 atom stereocenters. The minimum atomic E-state index is -5.08. The molecule has 1 saturated carbocycles. The fourth-order valence-corrected chi connectivity index (χ4v) is 2.11. The molecule has 0 heterocycles. The van der Waals surface area contributed by atoms with E-state index in [1.165, 1.54) is 19.3 Å². The van der Waals surface area contributed by atoms with Gasteiger partial charge in [-0.15, -0.1) is 5.48 Å². The largest absolute Gasteiger partial charge is 0.490 e. The van der Waals surface area contributed by atoms with Crippen LogP contribution in [0.4, 0.5) is 13.2 Å². The summed E-state index contributed by atoms with van der Waals surface area (Å²) in [4.78, 5) is 25.7. The van der Waals surface area contributed by atoms with Crippen LogP contribution in [0.15, 0.2) is 24.3 Å². The highest BCUT2D eigenvalue weighted by molar-refractivity contribution is 5.89. The lowest BCUT2D eigenvalue weighted by atomic mass is 9.96. The van der Waals surface area contributed by atoms with Crippen LogP contribution in [0.25, 0.3) is 0 Å². The molecule has 0 saturated heterocycles. The predicted octanol–water partition coefficient (Wildman–Crippen LogP) is 3.62. The number of carboxylic acids is 1. The molecule has 0 bridgehead atoms. The molecule has 134 valence electrons. The van der Waals surface area contributed by atoms with Crippen molar-refractivity contribution in [3.05, 3.63) is 35.4 Å². The molecule has 1 aliphatic rings. The Morgan fingerprint density at radius 3 is 2.08 bits per heavy atom. The van der Waals surface area contributed by atoms with Crippen molar-refractivity contribution in [1.82, 2.24) is 5.48 Å². The van der Waals surface area contributed by atoms with Crippen molar-refractivity contribution in [2.24, 2.45) is 0 Å². The molecular formula is C16H20F3NO4. The number of hydrogen-bond acceptors (Lipinski definition) is 4. The Morgan fingerprint density at radius 2 is 1.62 bits per heavy atom. The number of carboxylic acid groups (broad SMARTS) is 1. The van der Waals surface area contributed by atoms with Crippen molar-refractivity contribution in [2.45, 2.75) is 51.2 Å². The topological polar surface area (TPSA) is 75.6 Å². The number of halogens is 3. The van der Waals surface area contributed by atoms with Crippen LogP contribution in [0, 0.1) is 6.92 Å². The average Bonchev–Trinajstić information content (AvgIpc) is 2.54. The van der Waals surface area contributed by atoms with Crippen LogP contribution in [0.3, 0.4) is 0 Å². The van der Waals surface area contributed by atoms with E-state index in [0.717, 1.165) is 18.4 Å². The van der Waals surface area contributed by atoms with Gasteiger partial charge < -0.3 is 9.94 Å². The van der Waals surface area contributed by atoms with Crippen LogP contribution in [0.5, 0.6) is 0 Å². The zero-order valence-corrected chi connectivity index (χ0v) is 13.2. The van der Waals surface area contributed by atoms with E-state index in [1.54, 1.807) is 12.1 Å². The Morgan fingerprint density at radius 1 is 1.12 bits per heavy atom. The maximum atomic E-state index is 11.7. The molecule has 1 fully saturated rings. The fraction of sp³-hybridized carbons (Fsp3) is 0.500. The van der Waals surface area contributed by atoms with Crippen molar-refractivity contribution in [2.75, 3.05) is 0 Å². The van der Waals surface area contributed by atoms with Gasteiger partial charge in [-0.2, -0.15) is 13.2 Å². The number of hydroxylamine groups is 1. The van der Waals surface area contributed by atoms with Crippen LogP contribution < -0.4 is 5.48 Å². The third-order valence-electron chi connectivity index (χ3n) is 3.45. The number of carbonyl (C=O) groups excluding carboxylic acids is 1. The molecule has 2 N–H and O–H groups in total. The molecule has 0 radical (unpaired) electrons. The van der Waals surface area contributed by atoms with E-state index in [1.807, 2.05) is 19.1 Å². The van der Waals surface area contributed by atoms with Gasteiger partial charge in [-0.1, -0.05) is 37.0 Å². The standard InChI is InChI=1S/C14H19NO2.C2HF3O2/c1-11-7-9-12(10-8-11)14(16)17-15-13-5-3-2-4-6-13;3-2(4,5)1(6)7/h7-10,13,15H,2-6H2,1H3;(H,6,7). The number of nitrogens with one attached hydrogen (secondary N) is 1. The Kier molecular flexibility index (Phi) is 7.70. The molecule has 0 unspecified atom stereocenters. The van der Waals surface area contributed by atoms with Crippen molar-refractivity contribution in [1.29, 1.82) is 0 Å². The summed E-state index contributed by atoms with van der Waals surface area (Å²) in [6.07, 6.45) is 0.853. The van der Waals surface area contributed by atoms with Crippen molar-refractivity contribution >= 4 is 11.9 Å².